The summed E-state index contributed by atoms with van der Waals surface area (Å²) >= 11 is 12.7. The minimum absolute atomic E-state index is 0.00253. The summed E-state index contributed by atoms with van der Waals surface area (Å²) in [6.45, 7) is 0.260. The van der Waals surface area contributed by atoms with E-state index in [-0.39, 0.29) is 68.4 Å². The Morgan fingerprint density at radius 3 is 1.45 bits per heavy atom. The van der Waals surface area contributed by atoms with Crippen LogP contribution in [-0.4, -0.2) is 76.9 Å². The van der Waals surface area contributed by atoms with Crippen LogP contribution in [0.3, 0.4) is 0 Å². The Kier molecular flexibility index (Phi) is 11.5. The number of hydrogen-bond acceptors (Lipinski definition) is 12. The molecule has 4 heterocycles. The number of amides is 6. The molecule has 2 fully saturated rings. The number of pyridine rings is 2. The van der Waals surface area contributed by atoms with Gasteiger partial charge in [0.2, 0.25) is 11.8 Å². The van der Waals surface area contributed by atoms with Crippen molar-refractivity contribution in [3.63, 3.8) is 0 Å². The van der Waals surface area contributed by atoms with E-state index in [1.807, 2.05) is 0 Å². The van der Waals surface area contributed by atoms with Gasteiger partial charge in [0.1, 0.15) is 8.64 Å². The summed E-state index contributed by atoms with van der Waals surface area (Å²) in [7, 11) is 0. The van der Waals surface area contributed by atoms with Gasteiger partial charge in [0.15, 0.2) is 0 Å². The minimum Gasteiger partial charge on any atom is -0.293 e. The molecule has 0 atom stereocenters. The molecule has 14 nitrogen and oxygen atoms in total. The Bertz CT molecular complexity index is 1430. The molecule has 2 aromatic heterocycles. The van der Waals surface area contributed by atoms with Crippen LogP contribution >= 0.6 is 48.0 Å². The number of carbonyl (C=O) groups excluding carboxylic acids is 6. The average Bonchev–Trinajstić information content (AvgIpc) is 3.47. The van der Waals surface area contributed by atoms with Gasteiger partial charge < -0.3 is 0 Å². The zero-order valence-electron chi connectivity index (χ0n) is 22.7. The third-order valence-electron chi connectivity index (χ3n) is 5.95. The van der Waals surface area contributed by atoms with E-state index in [0.717, 1.165) is 23.5 Å². The standard InChI is InChI=1S/C26H24N8O6S4/c35-17(29-31-21(37)15-5-1-9-27-13-15)7-3-11-33-23(39)19(43-25(33)41)20-24(40)34(26(42)44-20)12-4-8-18(36)30-32-22(38)16-6-2-10-28-14-16/h1-2,5-6,9-10,13-14H,3-4,7-8,11-12H2,(H,29,35)(H,30,36)(H,31,37)(H,32,38). The van der Waals surface area contributed by atoms with Crippen LogP contribution in [0.25, 0.3) is 0 Å². The van der Waals surface area contributed by atoms with E-state index in [1.54, 1.807) is 24.3 Å². The van der Waals surface area contributed by atoms with E-state index in [1.165, 1.54) is 34.6 Å². The van der Waals surface area contributed by atoms with Gasteiger partial charge in [0, 0.05) is 50.7 Å². The molecule has 2 saturated heterocycles. The molecule has 4 rings (SSSR count). The van der Waals surface area contributed by atoms with E-state index in [0.29, 0.717) is 0 Å². The maximum Gasteiger partial charge on any atom is 0.271 e. The highest BCUT2D eigenvalue weighted by molar-refractivity contribution is 8.29. The topological polar surface area (TPSA) is 183 Å². The van der Waals surface area contributed by atoms with Gasteiger partial charge in [-0.3, -0.25) is 70.2 Å². The van der Waals surface area contributed by atoms with Crippen molar-refractivity contribution in [1.29, 1.82) is 0 Å². The fourth-order valence-electron chi connectivity index (χ4n) is 3.77. The molecule has 4 N–H and O–H groups in total. The van der Waals surface area contributed by atoms with E-state index in [4.69, 9.17) is 24.4 Å². The third-order valence-corrected chi connectivity index (χ3v) is 8.98. The predicted octanol–water partition coefficient (Wildman–Crippen LogP) is 1.19. The van der Waals surface area contributed by atoms with E-state index >= 15 is 0 Å². The highest BCUT2D eigenvalue weighted by Gasteiger charge is 2.41. The highest BCUT2D eigenvalue weighted by Crippen LogP contribution is 2.42. The van der Waals surface area contributed by atoms with Crippen LogP contribution in [-0.2, 0) is 19.2 Å². The van der Waals surface area contributed by atoms with Gasteiger partial charge in [-0.2, -0.15) is 0 Å². The molecule has 0 aliphatic carbocycles. The lowest BCUT2D eigenvalue weighted by Gasteiger charge is -2.15. The lowest BCUT2D eigenvalue weighted by atomic mass is 10.2. The number of carbonyl (C=O) groups is 6. The summed E-state index contributed by atoms with van der Waals surface area (Å²) in [5.74, 6) is -2.89. The minimum atomic E-state index is -0.519. The van der Waals surface area contributed by atoms with Crippen molar-refractivity contribution < 1.29 is 28.8 Å². The maximum atomic E-state index is 13.1. The molecule has 2 aromatic rings. The quantitative estimate of drug-likeness (QED) is 0.161. The number of thiocarbonyl (C=S) groups is 2. The molecule has 44 heavy (non-hydrogen) atoms. The second-order valence-electron chi connectivity index (χ2n) is 9.00. The van der Waals surface area contributed by atoms with E-state index in [2.05, 4.69) is 31.7 Å². The highest BCUT2D eigenvalue weighted by atomic mass is 32.2. The first-order chi connectivity index (χ1) is 21.2. The van der Waals surface area contributed by atoms with Crippen molar-refractivity contribution in [3.05, 3.63) is 70.0 Å². The molecule has 18 heteroatoms. The van der Waals surface area contributed by atoms with Gasteiger partial charge in [-0.25, -0.2) is 0 Å². The molecular formula is C26H24N8O6S4. The number of aromatic nitrogens is 2. The number of nitrogens with zero attached hydrogens (tertiary/aromatic N) is 4. The number of hydrogen-bond donors (Lipinski definition) is 4. The van der Waals surface area contributed by atoms with E-state index in [9.17, 15) is 28.8 Å². The van der Waals surface area contributed by atoms with Crippen molar-refractivity contribution in [2.24, 2.45) is 0 Å². The number of nitrogens with one attached hydrogen (secondary N) is 4. The summed E-state index contributed by atoms with van der Waals surface area (Å²) in [4.78, 5) is 85.2. The lowest BCUT2D eigenvalue weighted by molar-refractivity contribution is -0.125. The second-order valence-corrected chi connectivity index (χ2v) is 12.3. The monoisotopic (exact) mass is 672 g/mol. The molecule has 0 unspecified atom stereocenters. The predicted molar refractivity (Wildman–Crippen MR) is 169 cm³/mol. The van der Waals surface area contributed by atoms with Gasteiger partial charge >= 0.3 is 0 Å². The molecule has 0 radical (unpaired) electrons. The summed E-state index contributed by atoms with van der Waals surface area (Å²) in [5, 5.41) is 0. The van der Waals surface area contributed by atoms with Crippen LogP contribution in [0.5, 0.6) is 0 Å². The van der Waals surface area contributed by atoms with Gasteiger partial charge in [-0.1, -0.05) is 48.0 Å². The third kappa shape index (κ3) is 8.43. The van der Waals surface area contributed by atoms with Gasteiger partial charge in [-0.05, 0) is 37.1 Å². The van der Waals surface area contributed by atoms with Crippen molar-refractivity contribution in [2.75, 3.05) is 13.1 Å². The molecule has 2 aliphatic heterocycles. The lowest BCUT2D eigenvalue weighted by Crippen LogP contribution is -2.42. The molecule has 2 aliphatic rings. The Morgan fingerprint density at radius 2 is 1.09 bits per heavy atom. The molecule has 228 valence electrons. The Hall–Kier alpha value is -4.26. The van der Waals surface area contributed by atoms with Crippen molar-refractivity contribution >= 4 is 92.0 Å². The Labute approximate surface area is 270 Å². The van der Waals surface area contributed by atoms with Crippen LogP contribution in [0.1, 0.15) is 46.4 Å². The number of hydrazine groups is 2. The largest absolute Gasteiger partial charge is 0.293 e. The van der Waals surface area contributed by atoms with Crippen LogP contribution in [0, 0.1) is 0 Å². The summed E-state index contributed by atoms with van der Waals surface area (Å²) in [6, 6.07) is 6.28. The van der Waals surface area contributed by atoms with Gasteiger partial charge in [-0.15, -0.1) is 0 Å². The van der Waals surface area contributed by atoms with Crippen molar-refractivity contribution in [2.45, 2.75) is 25.7 Å². The fourth-order valence-corrected chi connectivity index (χ4v) is 6.54. The molecule has 6 amide bonds. The summed E-state index contributed by atoms with van der Waals surface area (Å²) < 4.78 is 0.483. The first-order valence-corrected chi connectivity index (χ1v) is 15.4. The van der Waals surface area contributed by atoms with Crippen LogP contribution < -0.4 is 21.7 Å². The summed E-state index contributed by atoms with van der Waals surface area (Å²) in [6.07, 6.45) is 6.26. The first kappa shape index (κ1) is 32.6. The van der Waals surface area contributed by atoms with Crippen molar-refractivity contribution in [1.82, 2.24) is 41.5 Å². The summed E-state index contributed by atoms with van der Waals surface area (Å²) in [5.41, 5.74) is 9.77. The normalized spacial score (nSPS) is 16.3. The Morgan fingerprint density at radius 1 is 0.682 bits per heavy atom. The molecular weight excluding hydrogens is 649 g/mol. The number of thioether (sulfide) groups is 2. The zero-order valence-corrected chi connectivity index (χ0v) is 26.0. The number of rotatable bonds is 10. The maximum absolute atomic E-state index is 13.1. The van der Waals surface area contributed by atoms with Crippen LogP contribution in [0.15, 0.2) is 58.9 Å². The molecule has 0 spiro atoms. The smallest absolute Gasteiger partial charge is 0.271 e. The van der Waals surface area contributed by atoms with Gasteiger partial charge in [0.05, 0.1) is 20.9 Å². The average molecular weight is 673 g/mol. The van der Waals surface area contributed by atoms with Crippen LogP contribution in [0.4, 0.5) is 0 Å². The second kappa shape index (κ2) is 15.5. The van der Waals surface area contributed by atoms with Crippen molar-refractivity contribution in [3.8, 4) is 0 Å². The van der Waals surface area contributed by atoms with Gasteiger partial charge in [0.25, 0.3) is 23.6 Å². The molecule has 0 saturated carbocycles. The van der Waals surface area contributed by atoms with E-state index < -0.39 is 35.4 Å². The fraction of sp³-hybridized carbons (Fsp3) is 0.231. The zero-order chi connectivity index (χ0) is 31.6. The first-order valence-electron chi connectivity index (χ1n) is 13.0. The SMILES string of the molecule is O=C(CCCN1C(=O)C(=C2SC(=S)N(CCCC(=O)NNC(=O)c3cccnc3)C2=O)SC1=S)NNC(=O)c1cccnc1. The molecule has 0 aromatic carbocycles. The molecule has 0 bridgehead atoms. The Balaban J connectivity index is 1.21. The van der Waals surface area contributed by atoms with Crippen LogP contribution in [0.2, 0.25) is 0 Å².